The first-order valence-corrected chi connectivity index (χ1v) is 12.0. The molecule has 1 aliphatic carbocycles. The molecule has 1 amide bonds. The molecule has 1 N–H and O–H groups in total. The van der Waals surface area contributed by atoms with Crippen LogP contribution in [0.25, 0.3) is 0 Å². The van der Waals surface area contributed by atoms with E-state index in [0.29, 0.717) is 35.5 Å². The van der Waals surface area contributed by atoms with Gasteiger partial charge in [-0.05, 0) is 81.8 Å². The van der Waals surface area contributed by atoms with E-state index in [2.05, 4.69) is 5.32 Å². The predicted octanol–water partition coefficient (Wildman–Crippen LogP) is 7.23. The normalized spacial score (nSPS) is 16.8. The van der Waals surface area contributed by atoms with Crippen LogP contribution in [0.5, 0.6) is 0 Å². The summed E-state index contributed by atoms with van der Waals surface area (Å²) in [7, 11) is 0. The van der Waals surface area contributed by atoms with Crippen LogP contribution in [-0.4, -0.2) is 23.7 Å². The van der Waals surface area contributed by atoms with E-state index in [-0.39, 0.29) is 11.5 Å². The summed E-state index contributed by atoms with van der Waals surface area (Å²) in [6.07, 6.45) is -2.72. The van der Waals surface area contributed by atoms with Gasteiger partial charge in [-0.3, -0.25) is 9.59 Å². The lowest BCUT2D eigenvalue weighted by atomic mass is 9.85. The zero-order valence-corrected chi connectivity index (χ0v) is 21.3. The van der Waals surface area contributed by atoms with E-state index in [0.717, 1.165) is 12.5 Å². The molecule has 0 heterocycles. The Morgan fingerprint density at radius 2 is 1.77 bits per heavy atom. The maximum Gasteiger partial charge on any atom is 0.392 e. The average Bonchev–Trinajstić information content (AvgIpc) is 3.50. The van der Waals surface area contributed by atoms with Crippen LogP contribution in [0.1, 0.15) is 63.1 Å². The van der Waals surface area contributed by atoms with Crippen molar-refractivity contribution in [3.8, 4) is 0 Å². The fourth-order valence-corrected chi connectivity index (χ4v) is 4.20. The van der Waals surface area contributed by atoms with E-state index < -0.39 is 34.9 Å². The van der Waals surface area contributed by atoms with Gasteiger partial charge in [0.2, 0.25) is 5.91 Å². The van der Waals surface area contributed by atoms with Gasteiger partial charge < -0.3 is 10.1 Å². The number of benzene rings is 2. The van der Waals surface area contributed by atoms with E-state index in [1.165, 1.54) is 18.2 Å². The molecule has 3 rings (SSSR count). The molecule has 8 heteroatoms. The number of carbonyl (C=O) groups is 2. The van der Waals surface area contributed by atoms with E-state index in [4.69, 9.17) is 16.3 Å². The van der Waals surface area contributed by atoms with Gasteiger partial charge in [0.1, 0.15) is 5.60 Å². The summed E-state index contributed by atoms with van der Waals surface area (Å²) < 4.78 is 46.6. The number of amides is 1. The molecule has 0 bridgehead atoms. The Hall–Kier alpha value is -2.54. The Morgan fingerprint density at radius 1 is 1.11 bits per heavy atom. The fourth-order valence-electron chi connectivity index (χ4n) is 4.08. The largest absolute Gasteiger partial charge is 0.460 e. The van der Waals surface area contributed by atoms with Gasteiger partial charge in [-0.2, -0.15) is 13.2 Å². The van der Waals surface area contributed by atoms with Crippen molar-refractivity contribution < 1.29 is 27.5 Å². The number of aryl methyl sites for hydroxylation is 1. The minimum absolute atomic E-state index is 0.243. The van der Waals surface area contributed by atoms with Crippen molar-refractivity contribution in [1.29, 1.82) is 0 Å². The molecule has 2 aromatic rings. The van der Waals surface area contributed by atoms with E-state index in [1.54, 1.807) is 25.1 Å². The molecule has 1 aliphatic rings. The number of hydrogen-bond donors (Lipinski definition) is 1. The first-order chi connectivity index (χ1) is 16.1. The third-order valence-corrected chi connectivity index (χ3v) is 6.69. The number of ether oxygens (including phenoxy) is 1. The van der Waals surface area contributed by atoms with Gasteiger partial charge in [0, 0.05) is 10.7 Å². The lowest BCUT2D eigenvalue weighted by Gasteiger charge is -2.26. The van der Waals surface area contributed by atoms with Crippen molar-refractivity contribution in [3.05, 3.63) is 64.2 Å². The minimum Gasteiger partial charge on any atom is -0.460 e. The highest BCUT2D eigenvalue weighted by Gasteiger charge is 2.52. The van der Waals surface area contributed by atoms with Crippen LogP contribution >= 0.6 is 11.6 Å². The lowest BCUT2D eigenvalue weighted by molar-refractivity contribution is -0.178. The molecule has 0 aliphatic heterocycles. The van der Waals surface area contributed by atoms with Crippen LogP contribution in [0.4, 0.5) is 18.9 Å². The van der Waals surface area contributed by atoms with Crippen LogP contribution in [0.2, 0.25) is 5.02 Å². The number of anilines is 1. The van der Waals surface area contributed by atoms with Gasteiger partial charge in [-0.15, -0.1) is 0 Å². The third-order valence-electron chi connectivity index (χ3n) is 6.26. The second-order valence-corrected chi connectivity index (χ2v) is 10.9. The maximum absolute atomic E-state index is 13.7. The summed E-state index contributed by atoms with van der Waals surface area (Å²) in [5.74, 6) is -4.38. The van der Waals surface area contributed by atoms with Crippen molar-refractivity contribution in [1.82, 2.24) is 0 Å². The summed E-state index contributed by atoms with van der Waals surface area (Å²) in [5.41, 5.74) is 0.825. The molecular formula is C27H31ClF3NO3. The van der Waals surface area contributed by atoms with Crippen LogP contribution in [0.15, 0.2) is 42.5 Å². The van der Waals surface area contributed by atoms with Gasteiger partial charge in [0.15, 0.2) is 0 Å². The van der Waals surface area contributed by atoms with E-state index in [9.17, 15) is 22.8 Å². The summed E-state index contributed by atoms with van der Waals surface area (Å²) in [6.45, 7) is 8.14. The Morgan fingerprint density at radius 3 is 2.31 bits per heavy atom. The molecular weight excluding hydrogens is 479 g/mol. The summed E-state index contributed by atoms with van der Waals surface area (Å²) in [6, 6.07) is 11.3. The van der Waals surface area contributed by atoms with Gasteiger partial charge in [-0.25, -0.2) is 0 Å². The molecule has 1 fully saturated rings. The van der Waals surface area contributed by atoms with E-state index >= 15 is 0 Å². The Balaban J connectivity index is 1.81. The van der Waals surface area contributed by atoms with Crippen LogP contribution in [0, 0.1) is 18.3 Å². The molecule has 0 spiro atoms. The number of rotatable bonds is 7. The number of esters is 1. The van der Waals surface area contributed by atoms with E-state index in [1.807, 2.05) is 26.8 Å². The number of carbonyl (C=O) groups excluding carboxylic acids is 2. The van der Waals surface area contributed by atoms with Crippen LogP contribution < -0.4 is 5.32 Å². The average molecular weight is 510 g/mol. The molecule has 190 valence electrons. The van der Waals surface area contributed by atoms with Crippen molar-refractivity contribution in [2.75, 3.05) is 5.32 Å². The molecule has 0 aromatic heterocycles. The standard InChI is InChI=1S/C27H31ClF3NO3/c1-16-13-19(9-10-21(16)28)22(17(2)27(29,30)31)23(33)32-20-8-6-7-18(14-20)15-26(11-12-26)24(34)35-25(3,4)5/h6-10,13-14,17,22H,11-12,15H2,1-5H3,(H,32,33). The van der Waals surface area contributed by atoms with Gasteiger partial charge in [0.05, 0.1) is 17.3 Å². The van der Waals surface area contributed by atoms with Gasteiger partial charge in [0.25, 0.3) is 0 Å². The van der Waals surface area contributed by atoms with Crippen molar-refractivity contribution in [2.24, 2.45) is 11.3 Å². The van der Waals surface area contributed by atoms with Crippen molar-refractivity contribution >= 4 is 29.2 Å². The molecule has 2 atom stereocenters. The predicted molar refractivity (Wildman–Crippen MR) is 130 cm³/mol. The van der Waals surface area contributed by atoms with Crippen molar-refractivity contribution in [2.45, 2.75) is 71.6 Å². The highest BCUT2D eigenvalue weighted by Crippen LogP contribution is 2.50. The topological polar surface area (TPSA) is 55.4 Å². The monoisotopic (exact) mass is 509 g/mol. The number of nitrogens with one attached hydrogen (secondary N) is 1. The lowest BCUT2D eigenvalue weighted by Crippen LogP contribution is -2.34. The Bertz CT molecular complexity index is 1100. The number of alkyl halides is 3. The minimum atomic E-state index is -4.57. The second kappa shape index (κ2) is 9.84. The summed E-state index contributed by atoms with van der Waals surface area (Å²) in [4.78, 5) is 25.8. The van der Waals surface area contributed by atoms with Crippen LogP contribution in [0.3, 0.4) is 0 Å². The molecule has 2 aromatic carbocycles. The first-order valence-electron chi connectivity index (χ1n) is 11.6. The molecule has 35 heavy (non-hydrogen) atoms. The smallest absolute Gasteiger partial charge is 0.392 e. The third kappa shape index (κ3) is 6.78. The highest BCUT2D eigenvalue weighted by molar-refractivity contribution is 6.31. The molecule has 4 nitrogen and oxygen atoms in total. The fraction of sp³-hybridized carbons (Fsp3) is 0.481. The maximum atomic E-state index is 13.7. The summed E-state index contributed by atoms with van der Waals surface area (Å²) in [5, 5.41) is 3.07. The zero-order valence-electron chi connectivity index (χ0n) is 20.6. The SMILES string of the molecule is Cc1cc(C(C(=O)Nc2cccc(CC3(C(=O)OC(C)(C)C)CC3)c2)C(C)C(F)(F)F)ccc1Cl. The van der Waals surface area contributed by atoms with Crippen molar-refractivity contribution in [3.63, 3.8) is 0 Å². The number of hydrogen-bond acceptors (Lipinski definition) is 3. The zero-order chi connectivity index (χ0) is 26.2. The highest BCUT2D eigenvalue weighted by atomic mass is 35.5. The quantitative estimate of drug-likeness (QED) is 0.400. The molecule has 1 saturated carbocycles. The summed E-state index contributed by atoms with van der Waals surface area (Å²) >= 11 is 6.04. The second-order valence-electron chi connectivity index (χ2n) is 10.5. The Labute approximate surface area is 209 Å². The Kier molecular flexibility index (Phi) is 7.61. The van der Waals surface area contributed by atoms with Crippen LogP contribution in [-0.2, 0) is 20.7 Å². The van der Waals surface area contributed by atoms with Gasteiger partial charge >= 0.3 is 12.1 Å². The first kappa shape index (κ1) is 27.1. The molecule has 0 radical (unpaired) electrons. The van der Waals surface area contributed by atoms with Gasteiger partial charge in [-0.1, -0.05) is 42.8 Å². The number of halogens is 4. The molecule has 0 saturated heterocycles. The molecule has 2 unspecified atom stereocenters.